The summed E-state index contributed by atoms with van der Waals surface area (Å²) >= 11 is 0. The fraction of sp³-hybridized carbons (Fsp3) is 0.600. The standard InChI is InChI=1S/C20H27N3O3S/c1-2-27(25,26)12-13-3-5-14(6-4-13)17-11-18(23-20(24)15-7-8-15)22-19-16(17)9-10-21-19/h9-11,13-15H,2-8,12H2,1H3,(H2,21,22,23,24). The second-order valence-electron chi connectivity index (χ2n) is 8.02. The third-order valence-corrected chi connectivity index (χ3v) is 7.84. The molecule has 2 heterocycles. The predicted octanol–water partition coefficient (Wildman–Crippen LogP) is 3.62. The molecule has 2 fully saturated rings. The second-order valence-corrected chi connectivity index (χ2v) is 10.4. The quantitative estimate of drug-likeness (QED) is 0.789. The lowest BCUT2D eigenvalue weighted by atomic mass is 9.79. The van der Waals surface area contributed by atoms with Crippen LogP contribution < -0.4 is 5.32 Å². The van der Waals surface area contributed by atoms with Gasteiger partial charge in [-0.3, -0.25) is 4.79 Å². The van der Waals surface area contributed by atoms with Crippen molar-refractivity contribution in [3.8, 4) is 0 Å². The highest BCUT2D eigenvalue weighted by Gasteiger charge is 2.31. The minimum atomic E-state index is -2.91. The number of fused-ring (bicyclic) bond motifs is 1. The van der Waals surface area contributed by atoms with Gasteiger partial charge >= 0.3 is 0 Å². The summed E-state index contributed by atoms with van der Waals surface area (Å²) in [6.07, 6.45) is 7.63. The summed E-state index contributed by atoms with van der Waals surface area (Å²) in [7, 11) is -2.91. The third kappa shape index (κ3) is 4.18. The third-order valence-electron chi connectivity index (χ3n) is 5.98. The van der Waals surface area contributed by atoms with Crippen LogP contribution >= 0.6 is 0 Å². The van der Waals surface area contributed by atoms with Crippen LogP contribution in [-0.2, 0) is 14.6 Å². The van der Waals surface area contributed by atoms with E-state index in [0.29, 0.717) is 17.5 Å². The fourth-order valence-electron chi connectivity index (χ4n) is 4.16. The minimum absolute atomic E-state index is 0.0628. The summed E-state index contributed by atoms with van der Waals surface area (Å²) in [6.45, 7) is 1.72. The van der Waals surface area contributed by atoms with E-state index in [4.69, 9.17) is 0 Å². The molecule has 2 N–H and O–H groups in total. The van der Waals surface area contributed by atoms with E-state index in [9.17, 15) is 13.2 Å². The van der Waals surface area contributed by atoms with Crippen LogP contribution in [0.4, 0.5) is 5.82 Å². The molecule has 6 nitrogen and oxygen atoms in total. The van der Waals surface area contributed by atoms with Gasteiger partial charge in [-0.25, -0.2) is 13.4 Å². The number of aromatic nitrogens is 2. The minimum Gasteiger partial charge on any atom is -0.346 e. The summed E-state index contributed by atoms with van der Waals surface area (Å²) in [6, 6.07) is 4.06. The van der Waals surface area contributed by atoms with Crippen molar-refractivity contribution >= 4 is 32.6 Å². The van der Waals surface area contributed by atoms with Crippen LogP contribution in [-0.4, -0.2) is 35.8 Å². The number of hydrogen-bond donors (Lipinski definition) is 2. The Hall–Kier alpha value is -1.89. The molecule has 2 aliphatic carbocycles. The maximum atomic E-state index is 12.1. The number of carbonyl (C=O) groups excluding carboxylic acids is 1. The molecule has 0 saturated heterocycles. The average molecular weight is 390 g/mol. The molecule has 0 aromatic carbocycles. The van der Waals surface area contributed by atoms with Crippen molar-refractivity contribution in [2.24, 2.45) is 11.8 Å². The molecule has 2 saturated carbocycles. The van der Waals surface area contributed by atoms with Crippen LogP contribution in [0.25, 0.3) is 11.0 Å². The van der Waals surface area contributed by atoms with Crippen molar-refractivity contribution in [2.45, 2.75) is 51.4 Å². The Morgan fingerprint density at radius 2 is 1.96 bits per heavy atom. The summed E-state index contributed by atoms with van der Waals surface area (Å²) in [5.41, 5.74) is 2.01. The zero-order valence-corrected chi connectivity index (χ0v) is 16.5. The second kappa shape index (κ2) is 7.26. The first kappa shape index (κ1) is 18.5. The van der Waals surface area contributed by atoms with Gasteiger partial charge in [-0.15, -0.1) is 0 Å². The molecule has 0 spiro atoms. The van der Waals surface area contributed by atoms with Crippen molar-refractivity contribution in [3.63, 3.8) is 0 Å². The van der Waals surface area contributed by atoms with Crippen molar-refractivity contribution in [3.05, 3.63) is 23.9 Å². The first-order chi connectivity index (χ1) is 12.9. The summed E-state index contributed by atoms with van der Waals surface area (Å²) in [5.74, 6) is 2.01. The molecular weight excluding hydrogens is 362 g/mol. The van der Waals surface area contributed by atoms with E-state index in [1.165, 1.54) is 5.56 Å². The molecular formula is C20H27N3O3S. The van der Waals surface area contributed by atoms with Gasteiger partial charge < -0.3 is 10.3 Å². The molecule has 146 valence electrons. The summed E-state index contributed by atoms with van der Waals surface area (Å²) in [5, 5.41) is 4.06. The monoisotopic (exact) mass is 389 g/mol. The predicted molar refractivity (Wildman–Crippen MR) is 106 cm³/mol. The van der Waals surface area contributed by atoms with Gasteiger partial charge in [0.1, 0.15) is 21.3 Å². The van der Waals surface area contributed by atoms with Crippen LogP contribution in [0.1, 0.15) is 56.9 Å². The number of rotatable bonds is 6. The van der Waals surface area contributed by atoms with E-state index in [-0.39, 0.29) is 23.5 Å². The number of nitrogens with zero attached hydrogens (tertiary/aromatic N) is 1. The van der Waals surface area contributed by atoms with Crippen LogP contribution in [0.3, 0.4) is 0 Å². The van der Waals surface area contributed by atoms with Gasteiger partial charge in [0, 0.05) is 23.3 Å². The maximum Gasteiger partial charge on any atom is 0.228 e. The first-order valence-corrected chi connectivity index (χ1v) is 11.8. The number of sulfone groups is 1. The van der Waals surface area contributed by atoms with E-state index >= 15 is 0 Å². The largest absolute Gasteiger partial charge is 0.346 e. The van der Waals surface area contributed by atoms with Crippen molar-refractivity contribution in [2.75, 3.05) is 16.8 Å². The lowest BCUT2D eigenvalue weighted by Gasteiger charge is -2.29. The Bertz CT molecular complexity index is 939. The van der Waals surface area contributed by atoms with Crippen molar-refractivity contribution in [1.82, 2.24) is 9.97 Å². The lowest BCUT2D eigenvalue weighted by molar-refractivity contribution is -0.117. The Balaban J connectivity index is 1.51. The van der Waals surface area contributed by atoms with Crippen molar-refractivity contribution < 1.29 is 13.2 Å². The number of carbonyl (C=O) groups is 1. The molecule has 0 radical (unpaired) electrons. The SMILES string of the molecule is CCS(=O)(=O)CC1CCC(c2cc(NC(=O)C3CC3)nc3[nH]ccc23)CC1. The van der Waals surface area contributed by atoms with Gasteiger partial charge in [0.05, 0.1) is 5.75 Å². The van der Waals surface area contributed by atoms with E-state index in [1.807, 2.05) is 18.3 Å². The molecule has 1 amide bonds. The number of H-pyrrole nitrogens is 1. The summed E-state index contributed by atoms with van der Waals surface area (Å²) in [4.78, 5) is 19.8. The highest BCUT2D eigenvalue weighted by atomic mass is 32.2. The molecule has 0 unspecified atom stereocenters. The molecule has 7 heteroatoms. The molecule has 0 bridgehead atoms. The number of anilines is 1. The lowest BCUT2D eigenvalue weighted by Crippen LogP contribution is -2.22. The molecule has 4 rings (SSSR count). The van der Waals surface area contributed by atoms with Crippen molar-refractivity contribution in [1.29, 1.82) is 0 Å². The van der Waals surface area contributed by atoms with E-state index in [0.717, 1.165) is 49.6 Å². The molecule has 2 aromatic rings. The van der Waals surface area contributed by atoms with Gasteiger partial charge in [-0.2, -0.15) is 0 Å². The van der Waals surface area contributed by atoms with Gasteiger partial charge in [-0.1, -0.05) is 6.92 Å². The maximum absolute atomic E-state index is 12.1. The Labute approximate surface area is 160 Å². The van der Waals surface area contributed by atoms with Crippen LogP contribution in [0.15, 0.2) is 18.3 Å². The topological polar surface area (TPSA) is 91.9 Å². The highest BCUT2D eigenvalue weighted by molar-refractivity contribution is 7.91. The van der Waals surface area contributed by atoms with Crippen LogP contribution in [0.5, 0.6) is 0 Å². The number of amides is 1. The van der Waals surface area contributed by atoms with Gasteiger partial charge in [0.15, 0.2) is 0 Å². The van der Waals surface area contributed by atoms with Gasteiger partial charge in [0.25, 0.3) is 0 Å². The molecule has 27 heavy (non-hydrogen) atoms. The van der Waals surface area contributed by atoms with Gasteiger partial charge in [-0.05, 0) is 68.1 Å². The molecule has 2 aliphatic rings. The number of aromatic amines is 1. The van der Waals surface area contributed by atoms with Gasteiger partial charge in [0.2, 0.25) is 5.91 Å². The smallest absolute Gasteiger partial charge is 0.228 e. The number of hydrogen-bond acceptors (Lipinski definition) is 4. The first-order valence-electron chi connectivity index (χ1n) is 9.94. The number of pyridine rings is 1. The molecule has 0 aliphatic heterocycles. The Morgan fingerprint density at radius 1 is 1.22 bits per heavy atom. The Kier molecular flexibility index (Phi) is 4.97. The normalized spacial score (nSPS) is 23.4. The van der Waals surface area contributed by atoms with Crippen LogP contribution in [0, 0.1) is 11.8 Å². The van der Waals surface area contributed by atoms with E-state index < -0.39 is 9.84 Å². The molecule has 2 aromatic heterocycles. The Morgan fingerprint density at radius 3 is 2.63 bits per heavy atom. The number of nitrogens with one attached hydrogen (secondary N) is 2. The summed E-state index contributed by atoms with van der Waals surface area (Å²) < 4.78 is 23.8. The van der Waals surface area contributed by atoms with E-state index in [1.54, 1.807) is 6.92 Å². The zero-order chi connectivity index (χ0) is 19.0. The average Bonchev–Trinajstić information content (AvgIpc) is 3.40. The molecule has 0 atom stereocenters. The van der Waals surface area contributed by atoms with E-state index in [2.05, 4.69) is 15.3 Å². The highest BCUT2D eigenvalue weighted by Crippen LogP contribution is 2.40. The fourth-order valence-corrected chi connectivity index (χ4v) is 5.44. The van der Waals surface area contributed by atoms with Crippen LogP contribution in [0.2, 0.25) is 0 Å². The zero-order valence-electron chi connectivity index (χ0n) is 15.7.